The Morgan fingerprint density at radius 1 is 0.333 bits per heavy atom. The van der Waals surface area contributed by atoms with E-state index in [0.29, 0.717) is 17.5 Å². The number of hydrogen-bond donors (Lipinski definition) is 0. The molecule has 10 rings (SSSR count). The van der Waals surface area contributed by atoms with Crippen LogP contribution in [0.15, 0.2) is 174 Å². The van der Waals surface area contributed by atoms with Gasteiger partial charge in [-0.15, -0.1) is 0 Å². The molecule has 0 radical (unpaired) electrons. The van der Waals surface area contributed by atoms with Gasteiger partial charge in [-0.3, -0.25) is 0 Å². The fourth-order valence-corrected chi connectivity index (χ4v) is 7.17. The second kappa shape index (κ2) is 11.9. The molecule has 7 aromatic carbocycles. The van der Waals surface area contributed by atoms with Gasteiger partial charge in [0, 0.05) is 54.7 Å². The van der Waals surface area contributed by atoms with Crippen molar-refractivity contribution in [1.29, 1.82) is 0 Å². The lowest BCUT2D eigenvalue weighted by Crippen LogP contribution is -2.00. The summed E-state index contributed by atoms with van der Waals surface area (Å²) in [4.78, 5) is 20.3. The van der Waals surface area contributed by atoms with Crippen LogP contribution in [-0.2, 0) is 0 Å². The van der Waals surface area contributed by atoms with Gasteiger partial charge in [-0.1, -0.05) is 146 Å². The van der Waals surface area contributed by atoms with Crippen molar-refractivity contribution < 1.29 is 4.42 Å². The molecule has 0 saturated heterocycles. The SMILES string of the molecule is c1ccc(-c2nc(-c3ccccc3)nc(-c3cccc(-c4nc5ccccc5c5c(-c6ccccc6)c6c(cc45)oc4ccccc46)c3)n2)cc1. The van der Waals surface area contributed by atoms with Gasteiger partial charge in [0.05, 0.1) is 11.2 Å². The standard InChI is InChI=1S/C46H28N4O/c1-4-15-29(16-5-1)40-41-34-23-10-12-25-37(34)47-43(36(41)28-39-42(40)35-24-11-13-26-38(35)51-39)32-21-14-22-33(27-32)46-49-44(30-17-6-2-7-18-30)48-45(50-46)31-19-8-3-9-20-31/h1-28H. The number of pyridine rings is 1. The minimum Gasteiger partial charge on any atom is -0.456 e. The Kier molecular flexibility index (Phi) is 6.74. The third kappa shape index (κ3) is 4.94. The van der Waals surface area contributed by atoms with Gasteiger partial charge in [0.15, 0.2) is 17.5 Å². The largest absolute Gasteiger partial charge is 0.456 e. The van der Waals surface area contributed by atoms with Gasteiger partial charge in [0.25, 0.3) is 0 Å². The van der Waals surface area contributed by atoms with Crippen LogP contribution >= 0.6 is 0 Å². The summed E-state index contributed by atoms with van der Waals surface area (Å²) in [6.45, 7) is 0. The van der Waals surface area contributed by atoms with Crippen LogP contribution in [0.25, 0.3) is 100 Å². The first-order valence-electron chi connectivity index (χ1n) is 17.0. The first-order chi connectivity index (χ1) is 25.3. The van der Waals surface area contributed by atoms with E-state index in [1.165, 1.54) is 0 Å². The van der Waals surface area contributed by atoms with E-state index in [0.717, 1.165) is 82.7 Å². The maximum atomic E-state index is 6.57. The first-order valence-corrected chi connectivity index (χ1v) is 17.0. The third-order valence-corrected chi connectivity index (χ3v) is 9.48. The molecule has 10 aromatic rings. The van der Waals surface area contributed by atoms with Crippen LogP contribution in [0.4, 0.5) is 0 Å². The molecule has 0 spiro atoms. The molecular formula is C46H28N4O. The summed E-state index contributed by atoms with van der Waals surface area (Å²) in [6.07, 6.45) is 0. The van der Waals surface area contributed by atoms with E-state index in [-0.39, 0.29) is 0 Å². The molecule has 51 heavy (non-hydrogen) atoms. The molecule has 5 heteroatoms. The van der Waals surface area contributed by atoms with Crippen LogP contribution in [-0.4, -0.2) is 19.9 Å². The average molecular weight is 653 g/mol. The molecule has 3 aromatic heterocycles. The molecule has 3 heterocycles. The smallest absolute Gasteiger partial charge is 0.164 e. The van der Waals surface area contributed by atoms with E-state index >= 15 is 0 Å². The highest BCUT2D eigenvalue weighted by Gasteiger charge is 2.22. The van der Waals surface area contributed by atoms with E-state index < -0.39 is 0 Å². The lowest BCUT2D eigenvalue weighted by atomic mass is 9.89. The lowest BCUT2D eigenvalue weighted by molar-refractivity contribution is 0.669. The topological polar surface area (TPSA) is 64.7 Å². The van der Waals surface area contributed by atoms with E-state index in [9.17, 15) is 0 Å². The molecule has 0 fully saturated rings. The molecule has 0 N–H and O–H groups in total. The predicted molar refractivity (Wildman–Crippen MR) is 207 cm³/mol. The van der Waals surface area contributed by atoms with E-state index in [4.69, 9.17) is 24.4 Å². The molecule has 0 saturated carbocycles. The van der Waals surface area contributed by atoms with E-state index in [1.54, 1.807) is 0 Å². The molecular weight excluding hydrogens is 625 g/mol. The molecule has 0 aliphatic heterocycles. The highest BCUT2D eigenvalue weighted by Crippen LogP contribution is 2.46. The summed E-state index contributed by atoms with van der Waals surface area (Å²) in [5, 5.41) is 5.45. The summed E-state index contributed by atoms with van der Waals surface area (Å²) in [7, 11) is 0. The number of nitrogens with zero attached hydrogens (tertiary/aromatic N) is 4. The number of fused-ring (bicyclic) bond motifs is 6. The molecule has 0 bridgehead atoms. The zero-order valence-electron chi connectivity index (χ0n) is 27.4. The summed E-state index contributed by atoms with van der Waals surface area (Å²) in [5.41, 5.74) is 9.44. The van der Waals surface area contributed by atoms with Crippen molar-refractivity contribution >= 4 is 43.6 Å². The number of furan rings is 1. The predicted octanol–water partition coefficient (Wildman–Crippen LogP) is 11.8. The Bertz CT molecular complexity index is 2840. The highest BCUT2D eigenvalue weighted by molar-refractivity contribution is 6.27. The second-order valence-corrected chi connectivity index (χ2v) is 12.6. The van der Waals surface area contributed by atoms with Gasteiger partial charge < -0.3 is 4.42 Å². The summed E-state index contributed by atoms with van der Waals surface area (Å²) >= 11 is 0. The zero-order valence-corrected chi connectivity index (χ0v) is 27.4. The van der Waals surface area contributed by atoms with Crippen molar-refractivity contribution in [1.82, 2.24) is 19.9 Å². The van der Waals surface area contributed by atoms with Gasteiger partial charge in [0.2, 0.25) is 0 Å². The number of rotatable bonds is 5. The second-order valence-electron chi connectivity index (χ2n) is 12.6. The van der Waals surface area contributed by atoms with Crippen molar-refractivity contribution in [2.45, 2.75) is 0 Å². The number of para-hydroxylation sites is 2. The quantitative estimate of drug-likeness (QED) is 0.173. The van der Waals surface area contributed by atoms with Crippen LogP contribution < -0.4 is 0 Å². The maximum Gasteiger partial charge on any atom is 0.164 e. The van der Waals surface area contributed by atoms with Gasteiger partial charge in [0.1, 0.15) is 11.2 Å². The van der Waals surface area contributed by atoms with Gasteiger partial charge in [-0.05, 0) is 29.8 Å². The van der Waals surface area contributed by atoms with Crippen LogP contribution in [0, 0.1) is 0 Å². The summed E-state index contributed by atoms with van der Waals surface area (Å²) in [6, 6.07) is 57.9. The molecule has 5 nitrogen and oxygen atoms in total. The van der Waals surface area contributed by atoms with Crippen molar-refractivity contribution in [3.05, 3.63) is 170 Å². The Hall–Kier alpha value is -6.98. The third-order valence-electron chi connectivity index (χ3n) is 9.48. The monoisotopic (exact) mass is 652 g/mol. The van der Waals surface area contributed by atoms with Gasteiger partial charge >= 0.3 is 0 Å². The Morgan fingerprint density at radius 3 is 1.55 bits per heavy atom. The molecule has 238 valence electrons. The van der Waals surface area contributed by atoms with Crippen molar-refractivity contribution in [3.63, 3.8) is 0 Å². The number of benzene rings is 7. The highest BCUT2D eigenvalue weighted by atomic mass is 16.3. The Labute approximate surface area is 293 Å². The average Bonchev–Trinajstić information content (AvgIpc) is 3.59. The van der Waals surface area contributed by atoms with Crippen molar-refractivity contribution in [2.75, 3.05) is 0 Å². The molecule has 0 aliphatic rings. The number of hydrogen-bond acceptors (Lipinski definition) is 5. The fourth-order valence-electron chi connectivity index (χ4n) is 7.17. The molecule has 0 aliphatic carbocycles. The van der Waals surface area contributed by atoms with Crippen molar-refractivity contribution in [3.8, 4) is 56.5 Å². The summed E-state index contributed by atoms with van der Waals surface area (Å²) in [5.74, 6) is 1.84. The zero-order chi connectivity index (χ0) is 33.7. The number of aromatic nitrogens is 4. The molecule has 0 amide bonds. The van der Waals surface area contributed by atoms with Crippen LogP contribution in [0.3, 0.4) is 0 Å². The van der Waals surface area contributed by atoms with Crippen LogP contribution in [0.2, 0.25) is 0 Å². The summed E-state index contributed by atoms with van der Waals surface area (Å²) < 4.78 is 6.57. The first kappa shape index (κ1) is 29.0. The maximum absolute atomic E-state index is 6.57. The van der Waals surface area contributed by atoms with E-state index in [2.05, 4.69) is 97.1 Å². The fraction of sp³-hybridized carbons (Fsp3) is 0. The minimum absolute atomic E-state index is 0.597. The van der Waals surface area contributed by atoms with Crippen LogP contribution in [0.5, 0.6) is 0 Å². The van der Waals surface area contributed by atoms with Gasteiger partial charge in [-0.25, -0.2) is 19.9 Å². The van der Waals surface area contributed by atoms with E-state index in [1.807, 2.05) is 72.8 Å². The van der Waals surface area contributed by atoms with Gasteiger partial charge in [-0.2, -0.15) is 0 Å². The lowest BCUT2D eigenvalue weighted by Gasteiger charge is -2.16. The molecule has 0 atom stereocenters. The van der Waals surface area contributed by atoms with Crippen LogP contribution in [0.1, 0.15) is 0 Å². The normalized spacial score (nSPS) is 11.5. The Balaban J connectivity index is 1.25. The minimum atomic E-state index is 0.597. The van der Waals surface area contributed by atoms with Crippen molar-refractivity contribution in [2.24, 2.45) is 0 Å². The molecule has 0 unspecified atom stereocenters. The Morgan fingerprint density at radius 2 is 0.863 bits per heavy atom.